The molecule has 1 aromatic heterocycles. The van der Waals surface area contributed by atoms with Gasteiger partial charge < -0.3 is 14.8 Å². The van der Waals surface area contributed by atoms with Gasteiger partial charge in [0.2, 0.25) is 11.8 Å². The van der Waals surface area contributed by atoms with Crippen molar-refractivity contribution >= 4 is 22.8 Å². The van der Waals surface area contributed by atoms with E-state index in [1.807, 2.05) is 31.2 Å². The molecule has 3 heterocycles. The summed E-state index contributed by atoms with van der Waals surface area (Å²) in [5.74, 6) is 0.542. The molecule has 5 rings (SSSR count). The van der Waals surface area contributed by atoms with E-state index in [1.165, 1.54) is 25.8 Å². The van der Waals surface area contributed by atoms with Crippen molar-refractivity contribution in [1.82, 2.24) is 24.7 Å². The fourth-order valence-electron chi connectivity index (χ4n) is 6.46. The molecular formula is C30H38FN5O2. The van der Waals surface area contributed by atoms with Crippen molar-refractivity contribution in [2.45, 2.75) is 76.5 Å². The number of aromatic nitrogens is 2. The smallest absolute Gasteiger partial charge is 0.222 e. The van der Waals surface area contributed by atoms with Crippen LogP contribution in [0.5, 0.6) is 0 Å². The lowest BCUT2D eigenvalue weighted by molar-refractivity contribution is -0.128. The van der Waals surface area contributed by atoms with Crippen LogP contribution in [0.2, 0.25) is 0 Å². The van der Waals surface area contributed by atoms with Gasteiger partial charge in [0, 0.05) is 51.6 Å². The molecule has 2 fully saturated rings. The predicted molar refractivity (Wildman–Crippen MR) is 146 cm³/mol. The maximum absolute atomic E-state index is 14.4. The number of para-hydroxylation sites is 1. The number of carbonyl (C=O) groups excluding carboxylic acids is 2. The minimum Gasteiger partial charge on any atom is -0.349 e. The Hall–Kier alpha value is -3.26. The fourth-order valence-corrected chi connectivity index (χ4v) is 6.46. The first kappa shape index (κ1) is 26.4. The van der Waals surface area contributed by atoms with E-state index < -0.39 is 0 Å². The van der Waals surface area contributed by atoms with Gasteiger partial charge in [-0.25, -0.2) is 9.37 Å². The summed E-state index contributed by atoms with van der Waals surface area (Å²) in [7, 11) is 1.72. The zero-order valence-electron chi connectivity index (χ0n) is 22.6. The molecule has 2 aromatic carbocycles. The Morgan fingerprint density at radius 3 is 2.47 bits per heavy atom. The molecule has 38 heavy (non-hydrogen) atoms. The molecule has 0 aliphatic carbocycles. The normalized spacial score (nSPS) is 21.9. The van der Waals surface area contributed by atoms with Crippen molar-refractivity contribution < 1.29 is 14.0 Å². The number of piperidine rings is 1. The molecule has 0 saturated carbocycles. The highest BCUT2D eigenvalue weighted by Gasteiger charge is 2.42. The number of aryl methyl sites for hydroxylation is 1. The van der Waals surface area contributed by atoms with Gasteiger partial charge in [-0.2, -0.15) is 0 Å². The third-order valence-corrected chi connectivity index (χ3v) is 8.50. The monoisotopic (exact) mass is 519 g/mol. The zero-order chi connectivity index (χ0) is 26.8. The van der Waals surface area contributed by atoms with Gasteiger partial charge in [-0.05, 0) is 56.7 Å². The summed E-state index contributed by atoms with van der Waals surface area (Å²) in [5.41, 5.74) is 2.46. The molecule has 0 radical (unpaired) electrons. The molecule has 7 nitrogen and oxygen atoms in total. The second kappa shape index (κ2) is 11.2. The van der Waals surface area contributed by atoms with Crippen molar-refractivity contribution in [2.24, 2.45) is 0 Å². The highest BCUT2D eigenvalue weighted by Crippen LogP contribution is 2.42. The van der Waals surface area contributed by atoms with Crippen molar-refractivity contribution in [3.05, 3.63) is 65.7 Å². The van der Waals surface area contributed by atoms with E-state index in [0.717, 1.165) is 42.7 Å². The summed E-state index contributed by atoms with van der Waals surface area (Å²) in [4.78, 5) is 33.0. The second-order valence-corrected chi connectivity index (χ2v) is 10.9. The molecule has 2 aliphatic heterocycles. The maximum Gasteiger partial charge on any atom is 0.222 e. The first-order valence-corrected chi connectivity index (χ1v) is 13.8. The van der Waals surface area contributed by atoms with Crippen LogP contribution < -0.4 is 5.32 Å². The SMILES string of the molecule is CC(=O)N(C)CCC(=O)N[C@@H](CCN1[C@@H]2CC[C@H]1C[C@H](n1c(C)nc3c(F)cccc31)C2)c1ccccc1. The summed E-state index contributed by atoms with van der Waals surface area (Å²) in [6, 6.07) is 16.6. The van der Waals surface area contributed by atoms with Gasteiger partial charge in [-0.1, -0.05) is 36.4 Å². The van der Waals surface area contributed by atoms with E-state index in [0.29, 0.717) is 30.2 Å². The highest BCUT2D eigenvalue weighted by molar-refractivity contribution is 5.78. The molecule has 2 aliphatic rings. The molecule has 0 spiro atoms. The Morgan fingerprint density at radius 2 is 1.79 bits per heavy atom. The van der Waals surface area contributed by atoms with Crippen LogP contribution in [0.1, 0.15) is 68.9 Å². The van der Waals surface area contributed by atoms with Crippen LogP contribution in [0, 0.1) is 12.7 Å². The number of hydrogen-bond donors (Lipinski definition) is 1. The second-order valence-electron chi connectivity index (χ2n) is 10.9. The molecular weight excluding hydrogens is 481 g/mol. The number of nitrogens with zero attached hydrogens (tertiary/aromatic N) is 4. The molecule has 2 saturated heterocycles. The van der Waals surface area contributed by atoms with Gasteiger partial charge in [0.05, 0.1) is 11.6 Å². The van der Waals surface area contributed by atoms with Gasteiger partial charge in [-0.3, -0.25) is 14.5 Å². The van der Waals surface area contributed by atoms with Crippen LogP contribution in [0.15, 0.2) is 48.5 Å². The first-order valence-electron chi connectivity index (χ1n) is 13.8. The maximum atomic E-state index is 14.4. The molecule has 202 valence electrons. The average Bonchev–Trinajstić information content (AvgIpc) is 3.37. The molecule has 4 atom stereocenters. The number of halogens is 1. The summed E-state index contributed by atoms with van der Waals surface area (Å²) in [6.07, 6.45) is 5.50. The molecule has 1 N–H and O–H groups in total. The minimum atomic E-state index is -0.258. The van der Waals surface area contributed by atoms with Crippen molar-refractivity contribution in [3.8, 4) is 0 Å². The summed E-state index contributed by atoms with van der Waals surface area (Å²) < 4.78 is 16.6. The fraction of sp³-hybridized carbons (Fsp3) is 0.500. The predicted octanol–water partition coefficient (Wildman–Crippen LogP) is 4.77. The molecule has 3 aromatic rings. The van der Waals surface area contributed by atoms with Crippen LogP contribution in [-0.2, 0) is 9.59 Å². The van der Waals surface area contributed by atoms with Crippen molar-refractivity contribution in [1.29, 1.82) is 0 Å². The topological polar surface area (TPSA) is 70.5 Å². The van der Waals surface area contributed by atoms with E-state index in [1.54, 1.807) is 18.0 Å². The Morgan fingerprint density at radius 1 is 1.08 bits per heavy atom. The number of amides is 2. The largest absolute Gasteiger partial charge is 0.349 e. The molecule has 2 bridgehead atoms. The van der Waals surface area contributed by atoms with Crippen molar-refractivity contribution in [2.75, 3.05) is 20.1 Å². The molecule has 8 heteroatoms. The standard InChI is InChI=1S/C30H38FN5O2/c1-20-32-30-26(31)10-7-11-28(30)36(20)25-18-23-12-13-24(19-25)35(23)17-14-27(22-8-5-4-6-9-22)33-29(38)15-16-34(3)21(2)37/h4-11,23-25,27H,12-19H2,1-3H3,(H,33,38)/t23-,24+,25-,27-/m0/s1. The van der Waals surface area contributed by atoms with E-state index >= 15 is 0 Å². The summed E-state index contributed by atoms with van der Waals surface area (Å²) in [5, 5.41) is 3.23. The first-order chi connectivity index (χ1) is 18.3. The summed E-state index contributed by atoms with van der Waals surface area (Å²) in [6.45, 7) is 4.81. The third kappa shape index (κ3) is 5.46. The van der Waals surface area contributed by atoms with Gasteiger partial charge >= 0.3 is 0 Å². The number of benzene rings is 2. The Labute approximate surface area is 224 Å². The van der Waals surface area contributed by atoms with Gasteiger partial charge in [-0.15, -0.1) is 0 Å². The Balaban J connectivity index is 1.25. The van der Waals surface area contributed by atoms with E-state index in [4.69, 9.17) is 0 Å². The molecule has 0 unspecified atom stereocenters. The highest BCUT2D eigenvalue weighted by atomic mass is 19.1. The number of hydrogen-bond acceptors (Lipinski definition) is 4. The molecule has 2 amide bonds. The quantitative estimate of drug-likeness (QED) is 0.442. The van der Waals surface area contributed by atoms with Crippen LogP contribution >= 0.6 is 0 Å². The number of carbonyl (C=O) groups is 2. The van der Waals surface area contributed by atoms with Gasteiger partial charge in [0.15, 0.2) is 5.82 Å². The van der Waals surface area contributed by atoms with Crippen LogP contribution in [0.25, 0.3) is 11.0 Å². The Bertz CT molecular complexity index is 1280. The average molecular weight is 520 g/mol. The van der Waals surface area contributed by atoms with E-state index in [9.17, 15) is 14.0 Å². The number of nitrogens with one attached hydrogen (secondary N) is 1. The minimum absolute atomic E-state index is 0.0386. The number of fused-ring (bicyclic) bond motifs is 3. The van der Waals surface area contributed by atoms with Crippen LogP contribution in [-0.4, -0.2) is 63.4 Å². The number of rotatable bonds is 9. The Kier molecular flexibility index (Phi) is 7.79. The van der Waals surface area contributed by atoms with E-state index in [2.05, 4.69) is 31.9 Å². The lowest BCUT2D eigenvalue weighted by atomic mass is 9.95. The van der Waals surface area contributed by atoms with Gasteiger partial charge in [0.25, 0.3) is 0 Å². The lowest BCUT2D eigenvalue weighted by Crippen LogP contribution is -2.45. The van der Waals surface area contributed by atoms with Crippen molar-refractivity contribution in [3.63, 3.8) is 0 Å². The lowest BCUT2D eigenvalue weighted by Gasteiger charge is -2.40. The van der Waals surface area contributed by atoms with E-state index in [-0.39, 0.29) is 30.1 Å². The number of imidazole rings is 1. The summed E-state index contributed by atoms with van der Waals surface area (Å²) >= 11 is 0. The zero-order valence-corrected chi connectivity index (χ0v) is 22.6. The third-order valence-electron chi connectivity index (χ3n) is 8.50. The van der Waals surface area contributed by atoms with Crippen LogP contribution in [0.3, 0.4) is 0 Å². The van der Waals surface area contributed by atoms with Gasteiger partial charge in [0.1, 0.15) is 11.3 Å². The van der Waals surface area contributed by atoms with Crippen LogP contribution in [0.4, 0.5) is 4.39 Å².